The molecule has 2 atom stereocenters. The van der Waals surface area contributed by atoms with E-state index in [2.05, 4.69) is 31.6 Å². The molecule has 0 aromatic carbocycles. The minimum atomic E-state index is -0.0685. The minimum absolute atomic E-state index is 0.0685. The van der Waals surface area contributed by atoms with Gasteiger partial charge in [-0.15, -0.1) is 0 Å². The number of nitrogens with one attached hydrogen (secondary N) is 2. The van der Waals surface area contributed by atoms with E-state index in [1.807, 2.05) is 12.1 Å². The molecule has 1 aliphatic rings. The number of Topliss-reactive ketones (excluding diaryl/α,β-unsaturated/α-hetero) is 1. The fourth-order valence-corrected chi connectivity index (χ4v) is 3.42. The molecule has 0 aromatic rings. The number of carbonyl (C=O) groups is 3. The van der Waals surface area contributed by atoms with Gasteiger partial charge in [0.05, 0.1) is 6.04 Å². The van der Waals surface area contributed by atoms with Gasteiger partial charge in [0.25, 0.3) is 0 Å². The molecule has 0 bridgehead atoms. The number of hydrogen-bond donors (Lipinski definition) is 3. The second kappa shape index (κ2) is 26.9. The lowest BCUT2D eigenvalue weighted by Gasteiger charge is -2.27. The van der Waals surface area contributed by atoms with Crippen molar-refractivity contribution in [2.45, 2.75) is 104 Å². The molecule has 0 aromatic heterocycles. The van der Waals surface area contributed by atoms with E-state index in [1.54, 1.807) is 6.92 Å². The van der Waals surface area contributed by atoms with Gasteiger partial charge in [0.15, 0.2) is 0 Å². The van der Waals surface area contributed by atoms with E-state index in [4.69, 9.17) is 9.90 Å². The van der Waals surface area contributed by atoms with Crippen molar-refractivity contribution < 1.29 is 19.5 Å². The number of unbranched alkanes of at least 4 members (excludes halogenated alkanes) is 2. The van der Waals surface area contributed by atoms with E-state index in [1.165, 1.54) is 39.0 Å². The molecular weight excluding hydrogens is 394 g/mol. The highest BCUT2D eigenvalue weighted by atomic mass is 16.2. The van der Waals surface area contributed by atoms with Crippen molar-refractivity contribution in [2.75, 3.05) is 27.7 Å². The van der Waals surface area contributed by atoms with Gasteiger partial charge in [-0.1, -0.05) is 32.6 Å². The van der Waals surface area contributed by atoms with E-state index in [-0.39, 0.29) is 11.8 Å². The summed E-state index contributed by atoms with van der Waals surface area (Å²) in [6, 6.07) is 0.668. The summed E-state index contributed by atoms with van der Waals surface area (Å²) in [7, 11) is 5.01. The molecule has 0 radical (unpaired) electrons. The quantitative estimate of drug-likeness (QED) is 0.240. The van der Waals surface area contributed by atoms with Gasteiger partial charge in [-0.25, -0.2) is 10.4 Å². The van der Waals surface area contributed by atoms with Gasteiger partial charge >= 0.3 is 0 Å². The Morgan fingerprint density at radius 1 is 1.16 bits per heavy atom. The summed E-state index contributed by atoms with van der Waals surface area (Å²) in [5.41, 5.74) is 3.19. The topological polar surface area (TPSA) is 98.7 Å². The Balaban J connectivity index is -0.000000443. The molecule has 1 aliphatic carbocycles. The van der Waals surface area contributed by atoms with Gasteiger partial charge in [-0.3, -0.25) is 4.79 Å². The zero-order valence-corrected chi connectivity index (χ0v) is 21.3. The summed E-state index contributed by atoms with van der Waals surface area (Å²) in [4.78, 5) is 30.2. The lowest BCUT2D eigenvalue weighted by molar-refractivity contribution is -0.120. The molecule has 1 rings (SSSR count). The highest BCUT2D eigenvalue weighted by Crippen LogP contribution is 2.25. The van der Waals surface area contributed by atoms with Gasteiger partial charge in [-0.05, 0) is 65.8 Å². The van der Waals surface area contributed by atoms with Crippen molar-refractivity contribution >= 4 is 18.4 Å². The maximum atomic E-state index is 11.3. The average molecular weight is 446 g/mol. The van der Waals surface area contributed by atoms with Crippen molar-refractivity contribution in [3.63, 3.8) is 0 Å². The number of aliphatic hydroxyl groups is 1. The van der Waals surface area contributed by atoms with Crippen molar-refractivity contribution in [1.29, 1.82) is 0 Å². The lowest BCUT2D eigenvalue weighted by atomic mass is 9.85. The standard InChI is InChI=1S/C12H24N2O2.C9H19N.C2H4O.CH4O/c1-4-8-12(11(2)16)13-14(3)9-6-5-7-10-15;1-8(10-2)9-6-4-3-5-7-9;1-2-3;1-2/h10,12-13H,4-9H2,1-3H3;8-10H,3-7H2,1-2H3;2H,1H3;2H,1H3. The van der Waals surface area contributed by atoms with Crippen LogP contribution in [0.5, 0.6) is 0 Å². The molecule has 1 saturated carbocycles. The van der Waals surface area contributed by atoms with Gasteiger partial charge in [0, 0.05) is 33.2 Å². The number of aliphatic hydroxyl groups excluding tert-OH is 1. The van der Waals surface area contributed by atoms with Crippen LogP contribution < -0.4 is 10.7 Å². The number of aldehydes is 2. The smallest absolute Gasteiger partial charge is 0.148 e. The van der Waals surface area contributed by atoms with Crippen molar-refractivity contribution in [2.24, 2.45) is 5.92 Å². The summed E-state index contributed by atoms with van der Waals surface area (Å²) in [6.07, 6.45) is 13.3. The van der Waals surface area contributed by atoms with Crippen LogP contribution in [0.4, 0.5) is 0 Å². The van der Waals surface area contributed by atoms with Gasteiger partial charge in [0.1, 0.15) is 18.4 Å². The maximum Gasteiger partial charge on any atom is 0.148 e. The first-order chi connectivity index (χ1) is 14.9. The Morgan fingerprint density at radius 2 is 1.71 bits per heavy atom. The fourth-order valence-electron chi connectivity index (χ4n) is 3.42. The van der Waals surface area contributed by atoms with Gasteiger partial charge < -0.3 is 20.0 Å². The van der Waals surface area contributed by atoms with Crippen LogP contribution in [0.1, 0.15) is 91.9 Å². The Morgan fingerprint density at radius 3 is 2.13 bits per heavy atom. The van der Waals surface area contributed by atoms with Gasteiger partial charge in [0.2, 0.25) is 0 Å². The molecule has 0 aliphatic heterocycles. The third kappa shape index (κ3) is 23.3. The van der Waals surface area contributed by atoms with Crippen LogP contribution in [0.15, 0.2) is 0 Å². The monoisotopic (exact) mass is 445 g/mol. The minimum Gasteiger partial charge on any atom is -0.400 e. The van der Waals surface area contributed by atoms with Crippen LogP contribution in [0, 0.1) is 5.92 Å². The van der Waals surface area contributed by atoms with E-state index in [0.29, 0.717) is 6.42 Å². The maximum absolute atomic E-state index is 11.3. The van der Waals surface area contributed by atoms with Crippen LogP contribution in [0.3, 0.4) is 0 Å². The van der Waals surface area contributed by atoms with Gasteiger partial charge in [-0.2, -0.15) is 0 Å². The van der Waals surface area contributed by atoms with Crippen LogP contribution >= 0.6 is 0 Å². The average Bonchev–Trinajstić information content (AvgIpc) is 2.79. The van der Waals surface area contributed by atoms with E-state index in [0.717, 1.165) is 63.9 Å². The predicted molar refractivity (Wildman–Crippen MR) is 130 cm³/mol. The molecule has 7 heteroatoms. The summed E-state index contributed by atoms with van der Waals surface area (Å²) in [5, 5.41) is 12.3. The highest BCUT2D eigenvalue weighted by Gasteiger charge is 2.18. The Bertz CT molecular complexity index is 402. The molecule has 2 unspecified atom stereocenters. The SMILES string of the molecule is CC=O.CCCC(NN(C)CCCCC=O)C(C)=O.CNC(C)C1CCCCC1.CO. The molecule has 0 saturated heterocycles. The fraction of sp³-hybridized carbons (Fsp3) is 0.875. The van der Waals surface area contributed by atoms with Crippen LogP contribution in [-0.4, -0.2) is 68.3 Å². The Kier molecular flexibility index (Phi) is 29.9. The first kappa shape index (κ1) is 34.5. The molecule has 7 nitrogen and oxygen atoms in total. The molecule has 186 valence electrons. The second-order valence-electron chi connectivity index (χ2n) is 7.88. The molecule has 1 fully saturated rings. The van der Waals surface area contributed by atoms with Crippen molar-refractivity contribution in [3.8, 4) is 0 Å². The second-order valence-corrected chi connectivity index (χ2v) is 7.88. The number of hydrazine groups is 1. The van der Waals surface area contributed by atoms with Crippen molar-refractivity contribution in [3.05, 3.63) is 0 Å². The predicted octanol–water partition coefficient (Wildman–Crippen LogP) is 3.54. The van der Waals surface area contributed by atoms with Crippen LogP contribution in [-0.2, 0) is 14.4 Å². The van der Waals surface area contributed by atoms with E-state index in [9.17, 15) is 9.59 Å². The van der Waals surface area contributed by atoms with Crippen molar-refractivity contribution in [1.82, 2.24) is 15.8 Å². The molecule has 31 heavy (non-hydrogen) atoms. The zero-order valence-electron chi connectivity index (χ0n) is 21.3. The molecule has 0 amide bonds. The Hall–Kier alpha value is -1.15. The van der Waals surface area contributed by atoms with E-state index >= 15 is 0 Å². The first-order valence-electron chi connectivity index (χ1n) is 11.8. The number of ketones is 1. The largest absolute Gasteiger partial charge is 0.400 e. The molecule has 3 N–H and O–H groups in total. The number of nitrogens with zero attached hydrogens (tertiary/aromatic N) is 1. The molecule has 0 spiro atoms. The summed E-state index contributed by atoms with van der Waals surface area (Å²) < 4.78 is 0. The number of carbonyl (C=O) groups excluding carboxylic acids is 3. The third-order valence-corrected chi connectivity index (χ3v) is 5.32. The number of rotatable bonds is 12. The summed E-state index contributed by atoms with van der Waals surface area (Å²) in [6.45, 7) is 8.30. The molecular formula is C24H51N3O4. The van der Waals surface area contributed by atoms with E-state index < -0.39 is 0 Å². The first-order valence-corrected chi connectivity index (χ1v) is 11.8. The molecule has 0 heterocycles. The highest BCUT2D eigenvalue weighted by molar-refractivity contribution is 5.81. The lowest BCUT2D eigenvalue weighted by Crippen LogP contribution is -2.46. The summed E-state index contributed by atoms with van der Waals surface area (Å²) >= 11 is 0. The van der Waals surface area contributed by atoms with Crippen LogP contribution in [0.25, 0.3) is 0 Å². The zero-order chi connectivity index (χ0) is 24.5. The number of hydrogen-bond acceptors (Lipinski definition) is 7. The summed E-state index contributed by atoms with van der Waals surface area (Å²) in [5.74, 6) is 1.14. The van der Waals surface area contributed by atoms with Crippen LogP contribution in [0.2, 0.25) is 0 Å². The third-order valence-electron chi connectivity index (χ3n) is 5.32. The Labute approximate surface area is 191 Å². The normalized spacial score (nSPS) is 15.1.